The summed E-state index contributed by atoms with van der Waals surface area (Å²) in [6.45, 7) is 6.52. The maximum Gasteiger partial charge on any atom is 0.0532 e. The van der Waals surface area contributed by atoms with Gasteiger partial charge in [-0.25, -0.2) is 0 Å². The highest BCUT2D eigenvalue weighted by Crippen LogP contribution is 2.35. The first-order valence-corrected chi connectivity index (χ1v) is 7.56. The van der Waals surface area contributed by atoms with Gasteiger partial charge in [0.25, 0.3) is 0 Å². The average molecular weight is 309 g/mol. The lowest BCUT2D eigenvalue weighted by atomic mass is 10.1. The zero-order chi connectivity index (χ0) is 12.4. The summed E-state index contributed by atoms with van der Waals surface area (Å²) in [4.78, 5) is 3.29. The van der Waals surface area contributed by atoms with Crippen LogP contribution in [0.5, 0.6) is 0 Å². The summed E-state index contributed by atoms with van der Waals surface area (Å²) in [5.74, 6) is 0. The minimum absolute atomic E-state index is 0.433. The van der Waals surface area contributed by atoms with Crippen LogP contribution in [0.4, 0.5) is 0 Å². The summed E-state index contributed by atoms with van der Waals surface area (Å²) in [7, 11) is 0. The first-order chi connectivity index (χ1) is 8.06. The Morgan fingerprint density at radius 2 is 1.94 bits per heavy atom. The van der Waals surface area contributed by atoms with Gasteiger partial charge < -0.3 is 0 Å². The topological polar surface area (TPSA) is 0 Å². The molecule has 0 nitrogen and oxygen atoms in total. The maximum atomic E-state index is 3.82. The van der Waals surface area contributed by atoms with E-state index < -0.39 is 0 Å². The summed E-state index contributed by atoms with van der Waals surface area (Å²) < 4.78 is 0. The molecule has 2 rings (SSSR count). The van der Waals surface area contributed by atoms with Gasteiger partial charge in [0.05, 0.1) is 4.83 Å². The molecule has 0 radical (unpaired) electrons. The molecule has 17 heavy (non-hydrogen) atoms. The molecule has 0 aliphatic carbocycles. The third kappa shape index (κ3) is 3.20. The number of thiophene rings is 1. The predicted octanol–water partition coefficient (Wildman–Crippen LogP) is 5.35. The van der Waals surface area contributed by atoms with Gasteiger partial charge in [-0.1, -0.05) is 45.8 Å². The molecule has 0 fully saturated rings. The van der Waals surface area contributed by atoms with Gasteiger partial charge in [0, 0.05) is 9.75 Å². The molecule has 0 N–H and O–H groups in total. The molecule has 1 aromatic heterocycles. The van der Waals surface area contributed by atoms with Crippen LogP contribution in [-0.4, -0.2) is 0 Å². The van der Waals surface area contributed by atoms with E-state index in [0.717, 1.165) is 6.42 Å². The number of alkyl halides is 1. The van der Waals surface area contributed by atoms with Crippen molar-refractivity contribution in [1.29, 1.82) is 0 Å². The van der Waals surface area contributed by atoms with Gasteiger partial charge in [-0.3, -0.25) is 0 Å². The minimum atomic E-state index is 0.433. The molecule has 0 spiro atoms. The Kier molecular flexibility index (Phi) is 4.05. The molecular formula is C15H17BrS. The van der Waals surface area contributed by atoms with Gasteiger partial charge in [-0.15, -0.1) is 11.3 Å². The van der Waals surface area contributed by atoms with E-state index in [1.54, 1.807) is 0 Å². The molecule has 1 aromatic carbocycles. The van der Waals surface area contributed by atoms with Crippen LogP contribution in [0.3, 0.4) is 0 Å². The lowest BCUT2D eigenvalue weighted by Gasteiger charge is -2.10. The van der Waals surface area contributed by atoms with E-state index in [1.807, 2.05) is 11.3 Å². The van der Waals surface area contributed by atoms with Crippen molar-refractivity contribution in [2.75, 3.05) is 0 Å². The van der Waals surface area contributed by atoms with Crippen LogP contribution in [0.2, 0.25) is 0 Å². The van der Waals surface area contributed by atoms with Crippen molar-refractivity contribution in [3.05, 3.63) is 56.8 Å². The lowest BCUT2D eigenvalue weighted by molar-refractivity contribution is 0.959. The molecule has 0 bridgehead atoms. The van der Waals surface area contributed by atoms with Crippen molar-refractivity contribution in [2.45, 2.75) is 32.0 Å². The molecule has 2 heteroatoms. The van der Waals surface area contributed by atoms with Gasteiger partial charge in [-0.05, 0) is 44.4 Å². The number of hydrogen-bond acceptors (Lipinski definition) is 1. The van der Waals surface area contributed by atoms with Crippen LogP contribution >= 0.6 is 27.3 Å². The van der Waals surface area contributed by atoms with E-state index >= 15 is 0 Å². The van der Waals surface area contributed by atoms with Gasteiger partial charge in [0.15, 0.2) is 0 Å². The highest BCUT2D eigenvalue weighted by atomic mass is 79.9. The molecule has 0 aliphatic rings. The van der Waals surface area contributed by atoms with Crippen molar-refractivity contribution in [3.8, 4) is 0 Å². The van der Waals surface area contributed by atoms with Crippen LogP contribution in [0, 0.1) is 20.8 Å². The standard InChI is InChI=1S/C15H17BrS/c1-10-5-4-6-13(7-10)9-14(16)15-11(2)8-12(3)17-15/h4-8,14H,9H2,1-3H3. The maximum absolute atomic E-state index is 3.82. The summed E-state index contributed by atoms with van der Waals surface area (Å²) in [5.41, 5.74) is 4.14. The van der Waals surface area contributed by atoms with Crippen molar-refractivity contribution in [2.24, 2.45) is 0 Å². The molecule has 0 saturated heterocycles. The number of halogens is 1. The molecule has 0 aliphatic heterocycles. The Bertz CT molecular complexity index is 513. The first kappa shape index (κ1) is 12.8. The number of benzene rings is 1. The summed E-state index contributed by atoms with van der Waals surface area (Å²) >= 11 is 5.72. The fourth-order valence-electron chi connectivity index (χ4n) is 2.11. The quantitative estimate of drug-likeness (QED) is 0.670. The highest BCUT2D eigenvalue weighted by molar-refractivity contribution is 9.09. The Hall–Kier alpha value is -0.600. The smallest absolute Gasteiger partial charge is 0.0532 e. The fraction of sp³-hybridized carbons (Fsp3) is 0.333. The zero-order valence-corrected chi connectivity index (χ0v) is 12.9. The molecule has 1 heterocycles. The van der Waals surface area contributed by atoms with E-state index in [9.17, 15) is 0 Å². The zero-order valence-electron chi connectivity index (χ0n) is 10.5. The van der Waals surface area contributed by atoms with Crippen LogP contribution in [-0.2, 0) is 6.42 Å². The van der Waals surface area contributed by atoms with Crippen LogP contribution in [0.1, 0.15) is 31.3 Å². The van der Waals surface area contributed by atoms with Crippen molar-refractivity contribution >= 4 is 27.3 Å². The van der Waals surface area contributed by atoms with Gasteiger partial charge >= 0.3 is 0 Å². The average Bonchev–Trinajstić information content (AvgIpc) is 2.58. The summed E-state index contributed by atoms with van der Waals surface area (Å²) in [6.07, 6.45) is 1.06. The molecule has 0 amide bonds. The Labute approximate surface area is 116 Å². The van der Waals surface area contributed by atoms with Crippen molar-refractivity contribution in [1.82, 2.24) is 0 Å². The Balaban J connectivity index is 2.16. The summed E-state index contributed by atoms with van der Waals surface area (Å²) in [5, 5.41) is 0. The molecule has 1 atom stereocenters. The molecule has 1 unspecified atom stereocenters. The SMILES string of the molecule is Cc1cccc(CC(Br)c2sc(C)cc2C)c1. The second-order valence-electron chi connectivity index (χ2n) is 4.57. The van der Waals surface area contributed by atoms with Crippen LogP contribution in [0.15, 0.2) is 30.3 Å². The number of rotatable bonds is 3. The number of hydrogen-bond donors (Lipinski definition) is 0. The van der Waals surface area contributed by atoms with Gasteiger partial charge in [0.2, 0.25) is 0 Å². The fourth-order valence-corrected chi connectivity index (χ4v) is 4.14. The molecule has 0 saturated carbocycles. The van der Waals surface area contributed by atoms with Crippen molar-refractivity contribution in [3.63, 3.8) is 0 Å². The second kappa shape index (κ2) is 5.36. The van der Waals surface area contributed by atoms with Gasteiger partial charge in [0.1, 0.15) is 0 Å². The predicted molar refractivity (Wildman–Crippen MR) is 80.3 cm³/mol. The second-order valence-corrected chi connectivity index (χ2v) is 6.96. The Morgan fingerprint density at radius 1 is 1.18 bits per heavy atom. The molecule has 2 aromatic rings. The number of aryl methyl sites for hydroxylation is 3. The molecule has 90 valence electrons. The van der Waals surface area contributed by atoms with Crippen LogP contribution in [0.25, 0.3) is 0 Å². The largest absolute Gasteiger partial charge is 0.144 e. The van der Waals surface area contributed by atoms with E-state index in [1.165, 1.54) is 26.4 Å². The van der Waals surface area contributed by atoms with Gasteiger partial charge in [-0.2, -0.15) is 0 Å². The lowest BCUT2D eigenvalue weighted by Crippen LogP contribution is -1.94. The summed E-state index contributed by atoms with van der Waals surface area (Å²) in [6, 6.07) is 11.0. The normalized spacial score (nSPS) is 12.7. The first-order valence-electron chi connectivity index (χ1n) is 5.83. The Morgan fingerprint density at radius 3 is 2.53 bits per heavy atom. The highest BCUT2D eigenvalue weighted by Gasteiger charge is 2.13. The minimum Gasteiger partial charge on any atom is -0.144 e. The van der Waals surface area contributed by atoms with E-state index in [2.05, 4.69) is 67.0 Å². The third-order valence-corrected chi connectivity index (χ3v) is 5.21. The van der Waals surface area contributed by atoms with E-state index in [0.29, 0.717) is 4.83 Å². The van der Waals surface area contributed by atoms with Crippen molar-refractivity contribution < 1.29 is 0 Å². The molecular weight excluding hydrogens is 292 g/mol. The third-order valence-electron chi connectivity index (χ3n) is 2.86. The van der Waals surface area contributed by atoms with Crippen LogP contribution < -0.4 is 0 Å². The monoisotopic (exact) mass is 308 g/mol. The van der Waals surface area contributed by atoms with E-state index in [-0.39, 0.29) is 0 Å². The van der Waals surface area contributed by atoms with E-state index in [4.69, 9.17) is 0 Å².